The van der Waals surface area contributed by atoms with Gasteiger partial charge in [-0.05, 0) is 50.3 Å². The third-order valence-electron chi connectivity index (χ3n) is 4.42. The van der Waals surface area contributed by atoms with Gasteiger partial charge in [0, 0.05) is 0 Å². The third-order valence-corrected chi connectivity index (χ3v) is 6.55. The first-order valence-corrected chi connectivity index (χ1v) is 10.4. The van der Waals surface area contributed by atoms with E-state index in [0.29, 0.717) is 10.9 Å². The lowest BCUT2D eigenvalue weighted by Crippen LogP contribution is -2.54. The van der Waals surface area contributed by atoms with E-state index in [9.17, 15) is 14.2 Å². The summed E-state index contributed by atoms with van der Waals surface area (Å²) in [5, 5.41) is 3.03. The fourth-order valence-electron chi connectivity index (χ4n) is 3.07. The molecule has 1 aliphatic rings. The van der Waals surface area contributed by atoms with Crippen molar-refractivity contribution in [3.8, 4) is 0 Å². The number of amides is 1. The summed E-state index contributed by atoms with van der Waals surface area (Å²) >= 11 is 0. The van der Waals surface area contributed by atoms with Crippen LogP contribution in [0.15, 0.2) is 24.3 Å². The van der Waals surface area contributed by atoms with E-state index in [2.05, 4.69) is 5.32 Å². The van der Waals surface area contributed by atoms with Crippen molar-refractivity contribution in [2.45, 2.75) is 32.2 Å². The summed E-state index contributed by atoms with van der Waals surface area (Å²) < 4.78 is 33.3. The van der Waals surface area contributed by atoms with Crippen LogP contribution in [0.1, 0.15) is 32.3 Å². The van der Waals surface area contributed by atoms with Gasteiger partial charge in [-0.3, -0.25) is 4.57 Å². The molecule has 0 bridgehead atoms. The summed E-state index contributed by atoms with van der Waals surface area (Å²) in [7, 11) is -0.945. The highest BCUT2D eigenvalue weighted by Crippen LogP contribution is 2.49. The molecular formula is C18H26NO7P. The van der Waals surface area contributed by atoms with Gasteiger partial charge in [0.2, 0.25) is 0 Å². The number of methoxy groups -OCH3 is 2. The number of benzene rings is 1. The molecule has 1 saturated carbocycles. The second kappa shape index (κ2) is 8.87. The highest BCUT2D eigenvalue weighted by molar-refractivity contribution is 7.62. The van der Waals surface area contributed by atoms with E-state index in [0.717, 1.165) is 12.8 Å². The zero-order chi connectivity index (χ0) is 20.1. The largest absolute Gasteiger partial charge is 0.467 e. The van der Waals surface area contributed by atoms with Gasteiger partial charge in [0.15, 0.2) is 5.54 Å². The first-order valence-electron chi connectivity index (χ1n) is 8.82. The van der Waals surface area contributed by atoms with Gasteiger partial charge in [-0.2, -0.15) is 0 Å². The molecule has 0 unspecified atom stereocenters. The number of hydrogen-bond acceptors (Lipinski definition) is 7. The van der Waals surface area contributed by atoms with Crippen LogP contribution >= 0.6 is 7.60 Å². The standard InChI is InChI=1S/C18H26NO7P/c1-5-25-27(22,26-6-2)15-11-9-14(10-12-15)18(13-7-8-13,16(20)23-3)19-17(21)24-4/h9-13H,5-8H2,1-4H3,(H,19,21)/t18-/m0/s1. The Morgan fingerprint density at radius 2 is 1.63 bits per heavy atom. The number of carbonyl (C=O) groups excluding carboxylic acids is 2. The molecule has 0 aromatic heterocycles. The maximum absolute atomic E-state index is 12.9. The minimum Gasteiger partial charge on any atom is -0.467 e. The van der Waals surface area contributed by atoms with Gasteiger partial charge in [0.25, 0.3) is 0 Å². The summed E-state index contributed by atoms with van der Waals surface area (Å²) in [4.78, 5) is 24.6. The Morgan fingerprint density at radius 1 is 1.07 bits per heavy atom. The molecule has 1 N–H and O–H groups in total. The lowest BCUT2D eigenvalue weighted by atomic mass is 9.85. The monoisotopic (exact) mass is 399 g/mol. The van der Waals surface area contributed by atoms with Crippen LogP contribution in [0, 0.1) is 5.92 Å². The highest BCUT2D eigenvalue weighted by atomic mass is 31.2. The third kappa shape index (κ3) is 4.34. The topological polar surface area (TPSA) is 100 Å². The number of nitrogens with one attached hydrogen (secondary N) is 1. The Labute approximate surface area is 159 Å². The van der Waals surface area contributed by atoms with Gasteiger partial charge in [-0.1, -0.05) is 12.1 Å². The molecule has 1 aliphatic carbocycles. The lowest BCUT2D eigenvalue weighted by Gasteiger charge is -2.32. The maximum atomic E-state index is 12.9. The van der Waals surface area contributed by atoms with Gasteiger partial charge < -0.3 is 23.8 Å². The smallest absolute Gasteiger partial charge is 0.408 e. The van der Waals surface area contributed by atoms with Crippen LogP contribution in [0.25, 0.3) is 0 Å². The molecule has 0 aliphatic heterocycles. The molecule has 27 heavy (non-hydrogen) atoms. The zero-order valence-electron chi connectivity index (χ0n) is 16.0. The quantitative estimate of drug-likeness (QED) is 0.503. The van der Waals surface area contributed by atoms with Gasteiger partial charge in [-0.15, -0.1) is 0 Å². The van der Waals surface area contributed by atoms with E-state index in [4.69, 9.17) is 18.5 Å². The Balaban J connectivity index is 2.46. The molecule has 0 radical (unpaired) electrons. The number of carbonyl (C=O) groups is 2. The van der Waals surface area contributed by atoms with Crippen LogP contribution in [-0.2, 0) is 33.4 Å². The van der Waals surface area contributed by atoms with E-state index in [1.165, 1.54) is 14.2 Å². The number of hydrogen-bond donors (Lipinski definition) is 1. The number of rotatable bonds is 9. The van der Waals surface area contributed by atoms with E-state index >= 15 is 0 Å². The number of esters is 1. The van der Waals surface area contributed by atoms with Crippen LogP contribution in [0.3, 0.4) is 0 Å². The van der Waals surface area contributed by atoms with Gasteiger partial charge in [0.05, 0.1) is 32.7 Å². The van der Waals surface area contributed by atoms with E-state index in [-0.39, 0.29) is 19.1 Å². The molecule has 0 saturated heterocycles. The van der Waals surface area contributed by atoms with E-state index < -0.39 is 25.2 Å². The van der Waals surface area contributed by atoms with Crippen molar-refractivity contribution in [1.82, 2.24) is 5.32 Å². The minimum atomic E-state index is -3.44. The second-order valence-corrected chi connectivity index (χ2v) is 8.10. The minimum absolute atomic E-state index is 0.111. The summed E-state index contributed by atoms with van der Waals surface area (Å²) in [6, 6.07) is 6.43. The zero-order valence-corrected chi connectivity index (χ0v) is 16.9. The van der Waals surface area contributed by atoms with Crippen LogP contribution in [0.2, 0.25) is 0 Å². The van der Waals surface area contributed by atoms with Crippen molar-refractivity contribution in [2.24, 2.45) is 5.92 Å². The van der Waals surface area contributed by atoms with Gasteiger partial charge >= 0.3 is 19.7 Å². The fraction of sp³-hybridized carbons (Fsp3) is 0.556. The van der Waals surface area contributed by atoms with Crippen molar-refractivity contribution >= 4 is 25.0 Å². The molecule has 8 nitrogen and oxygen atoms in total. The summed E-state index contributed by atoms with van der Waals surface area (Å²) in [5.74, 6) is -0.693. The summed E-state index contributed by atoms with van der Waals surface area (Å²) in [6.07, 6.45) is 0.791. The highest BCUT2D eigenvalue weighted by Gasteiger charge is 2.54. The average molecular weight is 399 g/mol. The van der Waals surface area contributed by atoms with Crippen molar-refractivity contribution in [2.75, 3.05) is 27.4 Å². The molecule has 9 heteroatoms. The molecule has 150 valence electrons. The fourth-order valence-corrected chi connectivity index (χ4v) is 4.63. The van der Waals surface area contributed by atoms with Crippen LogP contribution < -0.4 is 10.6 Å². The Morgan fingerprint density at radius 3 is 2.04 bits per heavy atom. The second-order valence-electron chi connectivity index (χ2n) is 6.07. The van der Waals surface area contributed by atoms with Gasteiger partial charge in [0.1, 0.15) is 0 Å². The predicted molar refractivity (Wildman–Crippen MR) is 98.9 cm³/mol. The number of alkyl carbamates (subject to hydrolysis) is 1. The van der Waals surface area contributed by atoms with Crippen molar-refractivity contribution in [3.05, 3.63) is 29.8 Å². The first kappa shape index (κ1) is 21.4. The lowest BCUT2D eigenvalue weighted by molar-refractivity contribution is -0.150. The molecule has 0 spiro atoms. The van der Waals surface area contributed by atoms with E-state index in [1.54, 1.807) is 38.1 Å². The molecule has 2 rings (SSSR count). The first-order chi connectivity index (χ1) is 12.9. The molecule has 1 aromatic rings. The maximum Gasteiger partial charge on any atom is 0.408 e. The molecule has 1 fully saturated rings. The summed E-state index contributed by atoms with van der Waals surface area (Å²) in [6.45, 7) is 3.93. The van der Waals surface area contributed by atoms with Crippen LogP contribution in [-0.4, -0.2) is 39.5 Å². The molecule has 1 aromatic carbocycles. The van der Waals surface area contributed by atoms with E-state index in [1.807, 2.05) is 0 Å². The summed E-state index contributed by atoms with van der Waals surface area (Å²) in [5.41, 5.74) is -0.841. The van der Waals surface area contributed by atoms with Gasteiger partial charge in [-0.25, -0.2) is 9.59 Å². The Kier molecular flexibility index (Phi) is 7.03. The van der Waals surface area contributed by atoms with Crippen LogP contribution in [0.4, 0.5) is 4.79 Å². The Hall–Kier alpha value is -1.89. The Bertz CT molecular complexity index is 707. The van der Waals surface area contributed by atoms with Crippen LogP contribution in [0.5, 0.6) is 0 Å². The average Bonchev–Trinajstić information content (AvgIpc) is 3.51. The van der Waals surface area contributed by atoms with Crippen molar-refractivity contribution in [1.29, 1.82) is 0 Å². The molecule has 1 amide bonds. The van der Waals surface area contributed by atoms with Crippen molar-refractivity contribution < 1.29 is 32.7 Å². The molecule has 1 atom stereocenters. The number of ether oxygens (including phenoxy) is 2. The normalized spacial score (nSPS) is 16.3. The predicted octanol–water partition coefficient (Wildman–Crippen LogP) is 2.71. The van der Waals surface area contributed by atoms with Crippen molar-refractivity contribution in [3.63, 3.8) is 0 Å². The molecule has 0 heterocycles. The molecular weight excluding hydrogens is 373 g/mol. The SMILES string of the molecule is CCOP(=O)(OCC)c1ccc([C@](NC(=O)OC)(C(=O)OC)C2CC2)cc1.